The van der Waals surface area contributed by atoms with Gasteiger partial charge in [0.2, 0.25) is 0 Å². The molecule has 3 aromatic rings. The lowest BCUT2D eigenvalue weighted by molar-refractivity contribution is 0.102. The number of benzene rings is 2. The third-order valence-electron chi connectivity index (χ3n) is 5.09. The van der Waals surface area contributed by atoms with E-state index in [-0.39, 0.29) is 6.09 Å². The van der Waals surface area contributed by atoms with Crippen LogP contribution in [0.2, 0.25) is 0 Å². The van der Waals surface area contributed by atoms with Crippen LogP contribution in [-0.2, 0) is 17.9 Å². The van der Waals surface area contributed by atoms with Crippen LogP contribution in [0.1, 0.15) is 16.9 Å². The number of hydrogen-bond acceptors (Lipinski definition) is 6. The quantitative estimate of drug-likeness (QED) is 0.613. The number of carbonyl (C=O) groups excluding carboxylic acids is 1. The molecule has 0 radical (unpaired) electrons. The van der Waals surface area contributed by atoms with Gasteiger partial charge in [-0.2, -0.15) is 0 Å². The number of nitrogens with zero attached hydrogens (tertiary/aromatic N) is 2. The van der Waals surface area contributed by atoms with E-state index in [4.69, 9.17) is 15.2 Å². The molecule has 1 fully saturated rings. The van der Waals surface area contributed by atoms with E-state index in [1.165, 1.54) is 0 Å². The molecule has 2 aromatic carbocycles. The second kappa shape index (κ2) is 9.73. The van der Waals surface area contributed by atoms with Crippen molar-refractivity contribution in [1.82, 2.24) is 9.88 Å². The minimum absolute atomic E-state index is 0.258. The largest absolute Gasteiger partial charge is 0.493 e. The fourth-order valence-corrected chi connectivity index (χ4v) is 4.18. The maximum absolute atomic E-state index is 12.3. The number of aromatic nitrogens is 1. The van der Waals surface area contributed by atoms with Crippen LogP contribution in [0.5, 0.6) is 5.75 Å². The number of hydrogen-bond donors (Lipinski definition) is 1. The average molecular weight is 424 g/mol. The van der Waals surface area contributed by atoms with E-state index in [2.05, 4.69) is 4.98 Å². The second-order valence-corrected chi connectivity index (χ2v) is 8.43. The lowest BCUT2D eigenvalue weighted by Crippen LogP contribution is -2.30. The highest BCUT2D eigenvalue weighted by Crippen LogP contribution is 2.27. The minimum Gasteiger partial charge on any atom is -0.493 e. The molecule has 30 heavy (non-hydrogen) atoms. The predicted molar refractivity (Wildman–Crippen MR) is 117 cm³/mol. The van der Waals surface area contributed by atoms with Gasteiger partial charge in [0, 0.05) is 42.2 Å². The number of thiazole rings is 1. The van der Waals surface area contributed by atoms with Crippen LogP contribution in [-0.4, -0.2) is 35.7 Å². The zero-order chi connectivity index (χ0) is 20.8. The Labute approximate surface area is 180 Å². The maximum Gasteiger partial charge on any atom is 0.410 e. The molecule has 7 heteroatoms. The molecule has 2 N–H and O–H groups in total. The Balaban J connectivity index is 1.22. The Hall–Kier alpha value is -2.90. The van der Waals surface area contributed by atoms with E-state index < -0.39 is 0 Å². The van der Waals surface area contributed by atoms with E-state index in [0.717, 1.165) is 33.2 Å². The van der Waals surface area contributed by atoms with Crippen LogP contribution in [0.15, 0.2) is 60.8 Å². The fourth-order valence-electron chi connectivity index (χ4n) is 3.39. The fraction of sp³-hybridized carbons (Fsp3) is 0.304. The molecule has 1 aromatic heterocycles. The summed E-state index contributed by atoms with van der Waals surface area (Å²) in [5.41, 5.74) is 7.70. The zero-order valence-corrected chi connectivity index (χ0v) is 17.5. The molecule has 6 nitrogen and oxygen atoms in total. The van der Waals surface area contributed by atoms with Crippen LogP contribution in [0, 0.1) is 5.92 Å². The molecule has 156 valence electrons. The topological polar surface area (TPSA) is 77.7 Å². The van der Waals surface area contributed by atoms with Gasteiger partial charge in [0.05, 0.1) is 6.61 Å². The smallest absolute Gasteiger partial charge is 0.410 e. The van der Waals surface area contributed by atoms with Gasteiger partial charge in [-0.05, 0) is 36.2 Å². The first kappa shape index (κ1) is 20.4. The van der Waals surface area contributed by atoms with Gasteiger partial charge in [0.25, 0.3) is 0 Å². The molecular weight excluding hydrogens is 398 g/mol. The summed E-state index contributed by atoms with van der Waals surface area (Å²) >= 11 is 1.60. The molecule has 1 aliphatic rings. The highest BCUT2D eigenvalue weighted by Gasteiger charge is 2.27. The molecule has 0 aliphatic carbocycles. The number of likely N-dealkylation sites (tertiary alicyclic amines) is 1. The van der Waals surface area contributed by atoms with Gasteiger partial charge < -0.3 is 20.1 Å². The second-order valence-electron chi connectivity index (χ2n) is 7.31. The lowest BCUT2D eigenvalue weighted by Gasteiger charge is -2.17. The van der Waals surface area contributed by atoms with Crippen molar-refractivity contribution in [1.29, 1.82) is 0 Å². The summed E-state index contributed by atoms with van der Waals surface area (Å²) in [6.45, 7) is 2.75. The number of nitrogens with two attached hydrogens (primary N) is 1. The normalized spacial score (nSPS) is 15.9. The van der Waals surface area contributed by atoms with Gasteiger partial charge in [-0.25, -0.2) is 9.78 Å². The monoisotopic (exact) mass is 423 g/mol. The van der Waals surface area contributed by atoms with Crippen molar-refractivity contribution in [3.63, 3.8) is 0 Å². The van der Waals surface area contributed by atoms with Gasteiger partial charge in [0.1, 0.15) is 17.4 Å². The minimum atomic E-state index is -0.258. The number of ether oxygens (including phenoxy) is 2. The third kappa shape index (κ3) is 5.17. The molecule has 1 atom stereocenters. The highest BCUT2D eigenvalue weighted by atomic mass is 32.1. The van der Waals surface area contributed by atoms with Crippen LogP contribution in [0.3, 0.4) is 0 Å². The number of carbonyl (C=O) groups is 1. The Morgan fingerprint density at radius 2 is 1.97 bits per heavy atom. The zero-order valence-electron chi connectivity index (χ0n) is 16.7. The Bertz CT molecular complexity index is 959. The average Bonchev–Trinajstić information content (AvgIpc) is 3.47. The van der Waals surface area contributed by atoms with Crippen molar-refractivity contribution in [2.45, 2.75) is 19.6 Å². The molecule has 1 aliphatic heterocycles. The predicted octanol–water partition coefficient (Wildman–Crippen LogP) is 4.31. The molecule has 1 saturated heterocycles. The third-order valence-corrected chi connectivity index (χ3v) is 6.16. The van der Waals surface area contributed by atoms with Gasteiger partial charge in [-0.1, -0.05) is 30.3 Å². The standard InChI is InChI=1S/C23H25N3O3S/c24-12-21-13-25-22(30-21)19-6-8-20(9-7-19)28-16-18-10-11-26(14-18)23(27)29-15-17-4-2-1-3-5-17/h1-9,13,18H,10-12,14-16,24H2. The molecule has 1 unspecified atom stereocenters. The summed E-state index contributed by atoms with van der Waals surface area (Å²) in [7, 11) is 0. The molecule has 0 spiro atoms. The molecular formula is C23H25N3O3S. The van der Waals surface area contributed by atoms with Gasteiger partial charge in [-0.3, -0.25) is 0 Å². The first-order valence-electron chi connectivity index (χ1n) is 10.0. The maximum atomic E-state index is 12.3. The van der Waals surface area contributed by atoms with Crippen molar-refractivity contribution in [2.24, 2.45) is 11.7 Å². The van der Waals surface area contributed by atoms with Crippen LogP contribution in [0.25, 0.3) is 10.6 Å². The van der Waals surface area contributed by atoms with Crippen molar-refractivity contribution < 1.29 is 14.3 Å². The van der Waals surface area contributed by atoms with Crippen molar-refractivity contribution in [3.8, 4) is 16.3 Å². The first-order valence-corrected chi connectivity index (χ1v) is 10.9. The van der Waals surface area contributed by atoms with Crippen molar-refractivity contribution in [2.75, 3.05) is 19.7 Å². The summed E-state index contributed by atoms with van der Waals surface area (Å²) < 4.78 is 11.4. The van der Waals surface area contributed by atoms with Crippen molar-refractivity contribution in [3.05, 3.63) is 71.2 Å². The van der Waals surface area contributed by atoms with Gasteiger partial charge in [0.15, 0.2) is 0 Å². The van der Waals surface area contributed by atoms with E-state index in [1.807, 2.05) is 60.8 Å². The Kier molecular flexibility index (Phi) is 6.61. The van der Waals surface area contributed by atoms with E-state index >= 15 is 0 Å². The summed E-state index contributed by atoms with van der Waals surface area (Å²) in [5, 5.41) is 0.961. The Morgan fingerprint density at radius 1 is 1.17 bits per heavy atom. The van der Waals surface area contributed by atoms with E-state index in [1.54, 1.807) is 16.2 Å². The van der Waals surface area contributed by atoms with Crippen molar-refractivity contribution >= 4 is 17.4 Å². The van der Waals surface area contributed by atoms with Crippen LogP contribution >= 0.6 is 11.3 Å². The SMILES string of the molecule is NCc1cnc(-c2ccc(OCC3CCN(C(=O)OCc4ccccc4)C3)cc2)s1. The van der Waals surface area contributed by atoms with E-state index in [9.17, 15) is 4.79 Å². The number of rotatable bonds is 7. The lowest BCUT2D eigenvalue weighted by atomic mass is 10.1. The summed E-state index contributed by atoms with van der Waals surface area (Å²) in [4.78, 5) is 19.5. The van der Waals surface area contributed by atoms with Crippen LogP contribution in [0.4, 0.5) is 4.79 Å². The molecule has 0 bridgehead atoms. The summed E-state index contributed by atoms with van der Waals surface area (Å²) in [6.07, 6.45) is 2.48. The van der Waals surface area contributed by atoms with Gasteiger partial charge >= 0.3 is 6.09 Å². The van der Waals surface area contributed by atoms with Crippen LogP contribution < -0.4 is 10.5 Å². The molecule has 4 rings (SSSR count). The molecule has 0 saturated carbocycles. The molecule has 1 amide bonds. The van der Waals surface area contributed by atoms with Gasteiger partial charge in [-0.15, -0.1) is 11.3 Å². The first-order chi connectivity index (χ1) is 14.7. The molecule has 2 heterocycles. The number of amides is 1. The highest BCUT2D eigenvalue weighted by molar-refractivity contribution is 7.15. The summed E-state index contributed by atoms with van der Waals surface area (Å²) in [5.74, 6) is 1.12. The Morgan fingerprint density at radius 3 is 2.70 bits per heavy atom. The van der Waals surface area contributed by atoms with E-state index in [0.29, 0.717) is 38.8 Å². The summed E-state index contributed by atoms with van der Waals surface area (Å²) in [6, 6.07) is 17.7.